The summed E-state index contributed by atoms with van der Waals surface area (Å²) in [6.07, 6.45) is -0.961. The molecule has 1 aromatic carbocycles. The Morgan fingerprint density at radius 3 is 2.39 bits per heavy atom. The van der Waals surface area contributed by atoms with E-state index in [1.54, 1.807) is 0 Å². The van der Waals surface area contributed by atoms with Crippen molar-refractivity contribution >= 4 is 0 Å². The van der Waals surface area contributed by atoms with Crippen molar-refractivity contribution < 1.29 is 14.9 Å². The van der Waals surface area contributed by atoms with E-state index >= 15 is 0 Å². The van der Waals surface area contributed by atoms with Gasteiger partial charge >= 0.3 is 0 Å². The fourth-order valence-electron chi connectivity index (χ4n) is 1.40. The lowest BCUT2D eigenvalue weighted by Crippen LogP contribution is -2.37. The molecule has 0 fully saturated rings. The normalized spacial score (nSPS) is 14.5. The molecule has 2 unspecified atom stereocenters. The molecule has 0 aromatic heterocycles. The number of rotatable bonds is 8. The average molecular weight is 253 g/mol. The van der Waals surface area contributed by atoms with Crippen LogP contribution in [0, 0.1) is 5.92 Å². The summed E-state index contributed by atoms with van der Waals surface area (Å²) in [4.78, 5) is 0. The summed E-state index contributed by atoms with van der Waals surface area (Å²) in [5, 5.41) is 22.3. The molecule has 18 heavy (non-hydrogen) atoms. The molecule has 1 rings (SSSR count). The van der Waals surface area contributed by atoms with Gasteiger partial charge in [0.15, 0.2) is 0 Å². The summed E-state index contributed by atoms with van der Waals surface area (Å²) >= 11 is 0. The van der Waals surface area contributed by atoms with Gasteiger partial charge in [-0.25, -0.2) is 0 Å². The Morgan fingerprint density at radius 1 is 1.11 bits per heavy atom. The number of ether oxygens (including phenoxy) is 1. The molecule has 0 bridgehead atoms. The van der Waals surface area contributed by atoms with Crippen LogP contribution in [0.1, 0.15) is 13.8 Å². The summed E-state index contributed by atoms with van der Waals surface area (Å²) < 4.78 is 5.42. The van der Waals surface area contributed by atoms with E-state index in [4.69, 9.17) is 4.74 Å². The van der Waals surface area contributed by atoms with Crippen LogP contribution in [-0.4, -0.2) is 42.1 Å². The zero-order chi connectivity index (χ0) is 13.4. The highest BCUT2D eigenvalue weighted by molar-refractivity contribution is 5.20. The lowest BCUT2D eigenvalue weighted by Gasteiger charge is -2.17. The third kappa shape index (κ3) is 6.00. The summed E-state index contributed by atoms with van der Waals surface area (Å²) in [6, 6.07) is 9.39. The third-order valence-electron chi connectivity index (χ3n) is 2.69. The molecule has 102 valence electrons. The van der Waals surface area contributed by atoms with Gasteiger partial charge in [0, 0.05) is 13.1 Å². The smallest absolute Gasteiger partial charge is 0.119 e. The van der Waals surface area contributed by atoms with Crippen molar-refractivity contribution in [3.05, 3.63) is 30.3 Å². The van der Waals surface area contributed by atoms with E-state index in [1.807, 2.05) is 44.2 Å². The van der Waals surface area contributed by atoms with Gasteiger partial charge in [-0.3, -0.25) is 0 Å². The molecule has 0 aliphatic heterocycles. The van der Waals surface area contributed by atoms with Crippen molar-refractivity contribution in [2.75, 3.05) is 19.7 Å². The van der Waals surface area contributed by atoms with E-state index in [9.17, 15) is 10.2 Å². The summed E-state index contributed by atoms with van der Waals surface area (Å²) in [6.45, 7) is 5.06. The molecule has 2 atom stereocenters. The first-order chi connectivity index (χ1) is 8.59. The molecular weight excluding hydrogens is 230 g/mol. The van der Waals surface area contributed by atoms with Crippen molar-refractivity contribution in [1.29, 1.82) is 0 Å². The van der Waals surface area contributed by atoms with Crippen molar-refractivity contribution in [2.24, 2.45) is 5.92 Å². The maximum Gasteiger partial charge on any atom is 0.119 e. The van der Waals surface area contributed by atoms with Crippen LogP contribution in [0.4, 0.5) is 0 Å². The number of benzene rings is 1. The van der Waals surface area contributed by atoms with Crippen LogP contribution in [0.2, 0.25) is 0 Å². The van der Waals surface area contributed by atoms with Crippen LogP contribution in [0.25, 0.3) is 0 Å². The second-order valence-electron chi connectivity index (χ2n) is 4.75. The second kappa shape index (κ2) is 8.08. The van der Waals surface area contributed by atoms with Gasteiger partial charge in [0.2, 0.25) is 0 Å². The first kappa shape index (κ1) is 15.0. The fraction of sp³-hybridized carbons (Fsp3) is 0.571. The van der Waals surface area contributed by atoms with Gasteiger partial charge < -0.3 is 20.3 Å². The number of para-hydroxylation sites is 1. The molecule has 0 saturated heterocycles. The largest absolute Gasteiger partial charge is 0.491 e. The average Bonchev–Trinajstić information content (AvgIpc) is 2.37. The van der Waals surface area contributed by atoms with Crippen LogP contribution in [-0.2, 0) is 0 Å². The topological polar surface area (TPSA) is 61.7 Å². The highest BCUT2D eigenvalue weighted by Gasteiger charge is 2.10. The Balaban J connectivity index is 2.13. The molecule has 0 radical (unpaired) electrons. The number of aliphatic hydroxyl groups is 2. The third-order valence-corrected chi connectivity index (χ3v) is 2.69. The number of hydrogen-bond acceptors (Lipinski definition) is 4. The van der Waals surface area contributed by atoms with Crippen LogP contribution in [0.5, 0.6) is 5.75 Å². The monoisotopic (exact) mass is 253 g/mol. The SMILES string of the molecule is CC(C)C(O)CNCC(O)COc1ccccc1. The van der Waals surface area contributed by atoms with Crippen LogP contribution < -0.4 is 10.1 Å². The molecular formula is C14H23NO3. The number of hydrogen-bond donors (Lipinski definition) is 3. The Labute approximate surface area is 109 Å². The molecule has 0 amide bonds. The van der Waals surface area contributed by atoms with E-state index in [0.29, 0.717) is 13.1 Å². The predicted octanol–water partition coefficient (Wildman–Crippen LogP) is 1.03. The molecule has 0 aliphatic carbocycles. The maximum atomic E-state index is 9.69. The zero-order valence-corrected chi connectivity index (χ0v) is 11.0. The fourth-order valence-corrected chi connectivity index (χ4v) is 1.40. The highest BCUT2D eigenvalue weighted by atomic mass is 16.5. The quantitative estimate of drug-likeness (QED) is 0.647. The minimum absolute atomic E-state index is 0.218. The molecule has 4 nitrogen and oxygen atoms in total. The predicted molar refractivity (Wildman–Crippen MR) is 71.7 cm³/mol. The first-order valence-corrected chi connectivity index (χ1v) is 6.34. The molecule has 1 aromatic rings. The van der Waals surface area contributed by atoms with Gasteiger partial charge in [-0.2, -0.15) is 0 Å². The minimum atomic E-state index is -0.579. The molecule has 3 N–H and O–H groups in total. The van der Waals surface area contributed by atoms with Crippen LogP contribution in [0.15, 0.2) is 30.3 Å². The number of aliphatic hydroxyl groups excluding tert-OH is 2. The molecule has 0 saturated carbocycles. The summed E-state index contributed by atoms with van der Waals surface area (Å²) in [5.41, 5.74) is 0. The van der Waals surface area contributed by atoms with Crippen molar-refractivity contribution in [3.63, 3.8) is 0 Å². The summed E-state index contributed by atoms with van der Waals surface area (Å²) in [7, 11) is 0. The van der Waals surface area contributed by atoms with Crippen LogP contribution >= 0.6 is 0 Å². The van der Waals surface area contributed by atoms with E-state index in [0.717, 1.165) is 5.75 Å². The van der Waals surface area contributed by atoms with E-state index in [1.165, 1.54) is 0 Å². The Hall–Kier alpha value is -1.10. The van der Waals surface area contributed by atoms with Gasteiger partial charge in [0.1, 0.15) is 18.5 Å². The van der Waals surface area contributed by atoms with Crippen molar-refractivity contribution in [2.45, 2.75) is 26.1 Å². The van der Waals surface area contributed by atoms with Gasteiger partial charge in [0.05, 0.1) is 6.10 Å². The standard InChI is InChI=1S/C14H23NO3/c1-11(2)14(17)9-15-8-12(16)10-18-13-6-4-3-5-7-13/h3-7,11-12,14-17H,8-10H2,1-2H3. The maximum absolute atomic E-state index is 9.69. The van der Waals surface area contributed by atoms with E-state index in [2.05, 4.69) is 5.32 Å². The second-order valence-corrected chi connectivity index (χ2v) is 4.75. The van der Waals surface area contributed by atoms with Gasteiger partial charge in [-0.15, -0.1) is 0 Å². The Kier molecular flexibility index (Phi) is 6.72. The van der Waals surface area contributed by atoms with Crippen LogP contribution in [0.3, 0.4) is 0 Å². The lowest BCUT2D eigenvalue weighted by molar-refractivity contribution is 0.0908. The minimum Gasteiger partial charge on any atom is -0.491 e. The van der Waals surface area contributed by atoms with Gasteiger partial charge in [-0.1, -0.05) is 32.0 Å². The van der Waals surface area contributed by atoms with E-state index in [-0.39, 0.29) is 18.6 Å². The summed E-state index contributed by atoms with van der Waals surface area (Å²) in [5.74, 6) is 0.967. The van der Waals surface area contributed by atoms with E-state index < -0.39 is 6.10 Å². The molecule has 0 heterocycles. The van der Waals surface area contributed by atoms with Crippen molar-refractivity contribution in [3.8, 4) is 5.75 Å². The Bertz CT molecular complexity index is 316. The Morgan fingerprint density at radius 2 is 1.78 bits per heavy atom. The molecule has 0 aliphatic rings. The van der Waals surface area contributed by atoms with Gasteiger partial charge in [-0.05, 0) is 18.1 Å². The molecule has 4 heteroatoms. The first-order valence-electron chi connectivity index (χ1n) is 6.34. The zero-order valence-electron chi connectivity index (χ0n) is 11.0. The highest BCUT2D eigenvalue weighted by Crippen LogP contribution is 2.08. The van der Waals surface area contributed by atoms with Gasteiger partial charge in [0.25, 0.3) is 0 Å². The lowest BCUT2D eigenvalue weighted by atomic mass is 10.1. The van der Waals surface area contributed by atoms with Crippen molar-refractivity contribution in [1.82, 2.24) is 5.32 Å². The molecule has 0 spiro atoms. The number of nitrogens with one attached hydrogen (secondary N) is 1.